The Morgan fingerprint density at radius 3 is 2.76 bits per heavy atom. The van der Waals surface area contributed by atoms with Crippen molar-refractivity contribution in [1.29, 1.82) is 0 Å². The molecule has 1 atom stereocenters. The van der Waals surface area contributed by atoms with Gasteiger partial charge in [-0.15, -0.1) is 0 Å². The van der Waals surface area contributed by atoms with Gasteiger partial charge in [0.15, 0.2) is 0 Å². The predicted molar refractivity (Wildman–Crippen MR) is 67.3 cm³/mol. The van der Waals surface area contributed by atoms with Gasteiger partial charge in [-0.3, -0.25) is 4.57 Å². The van der Waals surface area contributed by atoms with Crippen molar-refractivity contribution in [3.05, 3.63) is 27.9 Å². The minimum atomic E-state index is -0.193. The zero-order valence-corrected chi connectivity index (χ0v) is 11.0. The van der Waals surface area contributed by atoms with E-state index in [1.807, 2.05) is 26.8 Å². The molecule has 0 radical (unpaired) electrons. The lowest BCUT2D eigenvalue weighted by Gasteiger charge is -2.19. The van der Waals surface area contributed by atoms with Crippen molar-refractivity contribution in [2.75, 3.05) is 20.3 Å². The van der Waals surface area contributed by atoms with Crippen LogP contribution in [0.15, 0.2) is 10.9 Å². The predicted octanol–water partition coefficient (Wildman–Crippen LogP) is 0.485. The zero-order chi connectivity index (χ0) is 12.8. The van der Waals surface area contributed by atoms with Crippen LogP contribution in [0.4, 0.5) is 0 Å². The summed E-state index contributed by atoms with van der Waals surface area (Å²) in [7, 11) is 1.66. The quantitative estimate of drug-likeness (QED) is 0.784. The summed E-state index contributed by atoms with van der Waals surface area (Å²) in [5, 5.41) is 3.29. The first-order valence-corrected chi connectivity index (χ1v) is 5.85. The van der Waals surface area contributed by atoms with Crippen LogP contribution in [0.3, 0.4) is 0 Å². The molecule has 1 aromatic heterocycles. The van der Waals surface area contributed by atoms with Crippen molar-refractivity contribution in [1.82, 2.24) is 14.9 Å². The van der Waals surface area contributed by atoms with Gasteiger partial charge in [0.05, 0.1) is 6.61 Å². The summed E-state index contributed by atoms with van der Waals surface area (Å²) in [5.41, 5.74) is 1.50. The molecular weight excluding hydrogens is 218 g/mol. The standard InChI is InChI=1S/C12H21N3O2/c1-5-13-11(8-17-4)7-15-10(3)6-9(2)14-12(15)16/h6,11,13H,5,7-8H2,1-4H3. The van der Waals surface area contributed by atoms with E-state index in [2.05, 4.69) is 10.3 Å². The molecule has 0 bridgehead atoms. The van der Waals surface area contributed by atoms with Gasteiger partial charge in [-0.2, -0.15) is 4.98 Å². The molecule has 1 N–H and O–H groups in total. The number of ether oxygens (including phenoxy) is 1. The Morgan fingerprint density at radius 1 is 1.53 bits per heavy atom. The second kappa shape index (κ2) is 6.51. The minimum Gasteiger partial charge on any atom is -0.383 e. The van der Waals surface area contributed by atoms with E-state index in [0.717, 1.165) is 17.9 Å². The Balaban J connectivity index is 2.89. The van der Waals surface area contributed by atoms with Crippen LogP contribution in [0.5, 0.6) is 0 Å². The first-order valence-electron chi connectivity index (χ1n) is 5.85. The molecule has 0 aromatic carbocycles. The molecule has 5 heteroatoms. The third-order valence-electron chi connectivity index (χ3n) is 2.61. The van der Waals surface area contributed by atoms with E-state index in [4.69, 9.17) is 4.74 Å². The topological polar surface area (TPSA) is 56.1 Å². The highest BCUT2D eigenvalue weighted by molar-refractivity contribution is 5.06. The molecule has 1 rings (SSSR count). The van der Waals surface area contributed by atoms with E-state index < -0.39 is 0 Å². The van der Waals surface area contributed by atoms with E-state index >= 15 is 0 Å². The highest BCUT2D eigenvalue weighted by atomic mass is 16.5. The second-order valence-electron chi connectivity index (χ2n) is 4.14. The fourth-order valence-corrected chi connectivity index (χ4v) is 1.88. The second-order valence-corrected chi connectivity index (χ2v) is 4.14. The number of aromatic nitrogens is 2. The lowest BCUT2D eigenvalue weighted by molar-refractivity contribution is 0.158. The van der Waals surface area contributed by atoms with Gasteiger partial charge < -0.3 is 10.1 Å². The molecule has 0 aliphatic carbocycles. The fraction of sp³-hybridized carbons (Fsp3) is 0.667. The Kier molecular flexibility index (Phi) is 5.31. The van der Waals surface area contributed by atoms with Gasteiger partial charge in [0.1, 0.15) is 0 Å². The first-order chi connectivity index (χ1) is 8.08. The van der Waals surface area contributed by atoms with E-state index in [9.17, 15) is 4.79 Å². The molecule has 0 saturated heterocycles. The van der Waals surface area contributed by atoms with Crippen molar-refractivity contribution in [2.24, 2.45) is 0 Å². The largest absolute Gasteiger partial charge is 0.383 e. The van der Waals surface area contributed by atoms with E-state index in [-0.39, 0.29) is 11.7 Å². The van der Waals surface area contributed by atoms with E-state index in [1.165, 1.54) is 0 Å². The highest BCUT2D eigenvalue weighted by Gasteiger charge is 2.11. The number of rotatable bonds is 6. The lowest BCUT2D eigenvalue weighted by Crippen LogP contribution is -2.40. The maximum Gasteiger partial charge on any atom is 0.348 e. The van der Waals surface area contributed by atoms with Crippen LogP contribution < -0.4 is 11.0 Å². The van der Waals surface area contributed by atoms with E-state index in [1.54, 1.807) is 11.7 Å². The maximum atomic E-state index is 11.8. The molecule has 1 heterocycles. The number of likely N-dealkylation sites (N-methyl/N-ethyl adjacent to an activating group) is 1. The van der Waals surface area contributed by atoms with Gasteiger partial charge in [-0.05, 0) is 26.5 Å². The first kappa shape index (κ1) is 13.9. The third kappa shape index (κ3) is 3.94. The van der Waals surface area contributed by atoms with Crippen molar-refractivity contribution in [3.63, 3.8) is 0 Å². The lowest BCUT2D eigenvalue weighted by atomic mass is 10.2. The van der Waals surface area contributed by atoms with Gasteiger partial charge >= 0.3 is 5.69 Å². The van der Waals surface area contributed by atoms with Gasteiger partial charge in [0.25, 0.3) is 0 Å². The molecule has 0 saturated carbocycles. The average Bonchev–Trinajstić information content (AvgIpc) is 2.23. The normalized spacial score (nSPS) is 12.7. The average molecular weight is 239 g/mol. The Labute approximate surface area is 102 Å². The molecule has 96 valence electrons. The van der Waals surface area contributed by atoms with Crippen LogP contribution >= 0.6 is 0 Å². The summed E-state index contributed by atoms with van der Waals surface area (Å²) < 4.78 is 6.81. The number of nitrogens with zero attached hydrogens (tertiary/aromatic N) is 2. The SMILES string of the molecule is CCNC(COC)Cn1c(C)cc(C)nc1=O. The van der Waals surface area contributed by atoms with Gasteiger partial charge in [0, 0.05) is 31.1 Å². The number of methoxy groups -OCH3 is 1. The summed E-state index contributed by atoms with van der Waals surface area (Å²) in [6.07, 6.45) is 0. The molecular formula is C12H21N3O2. The van der Waals surface area contributed by atoms with Crippen LogP contribution in [0.2, 0.25) is 0 Å². The summed E-state index contributed by atoms with van der Waals surface area (Å²) in [6.45, 7) is 7.79. The van der Waals surface area contributed by atoms with Gasteiger partial charge in [-0.1, -0.05) is 6.92 Å². The van der Waals surface area contributed by atoms with Crippen molar-refractivity contribution < 1.29 is 4.74 Å². The Hall–Kier alpha value is -1.20. The molecule has 5 nitrogen and oxygen atoms in total. The third-order valence-corrected chi connectivity index (χ3v) is 2.61. The van der Waals surface area contributed by atoms with Crippen molar-refractivity contribution >= 4 is 0 Å². The molecule has 0 amide bonds. The molecule has 1 aromatic rings. The molecule has 0 aliphatic rings. The number of nitrogens with one attached hydrogen (secondary N) is 1. The van der Waals surface area contributed by atoms with Crippen LogP contribution in [0, 0.1) is 13.8 Å². The molecule has 0 fully saturated rings. The van der Waals surface area contributed by atoms with Crippen LogP contribution in [0.1, 0.15) is 18.3 Å². The Morgan fingerprint density at radius 2 is 2.24 bits per heavy atom. The van der Waals surface area contributed by atoms with Crippen LogP contribution in [0.25, 0.3) is 0 Å². The molecule has 17 heavy (non-hydrogen) atoms. The smallest absolute Gasteiger partial charge is 0.348 e. The Bertz CT molecular complexity index is 409. The number of hydrogen-bond acceptors (Lipinski definition) is 4. The van der Waals surface area contributed by atoms with Crippen LogP contribution in [-0.4, -0.2) is 35.9 Å². The monoisotopic (exact) mass is 239 g/mol. The summed E-state index contributed by atoms with van der Waals surface area (Å²) in [6, 6.07) is 2.04. The maximum absolute atomic E-state index is 11.8. The van der Waals surface area contributed by atoms with Gasteiger partial charge in [-0.25, -0.2) is 4.79 Å². The summed E-state index contributed by atoms with van der Waals surface area (Å²) in [5.74, 6) is 0. The van der Waals surface area contributed by atoms with Gasteiger partial charge in [0.2, 0.25) is 0 Å². The number of hydrogen-bond donors (Lipinski definition) is 1. The zero-order valence-electron chi connectivity index (χ0n) is 11.0. The van der Waals surface area contributed by atoms with E-state index in [0.29, 0.717) is 13.2 Å². The van der Waals surface area contributed by atoms with Crippen LogP contribution in [-0.2, 0) is 11.3 Å². The number of aryl methyl sites for hydroxylation is 2. The molecule has 1 unspecified atom stereocenters. The summed E-state index contributed by atoms with van der Waals surface area (Å²) in [4.78, 5) is 15.7. The fourth-order valence-electron chi connectivity index (χ4n) is 1.88. The van der Waals surface area contributed by atoms with Crippen molar-refractivity contribution in [3.8, 4) is 0 Å². The molecule has 0 aliphatic heterocycles. The van der Waals surface area contributed by atoms with Crippen molar-refractivity contribution in [2.45, 2.75) is 33.4 Å². The molecule has 0 spiro atoms. The highest BCUT2D eigenvalue weighted by Crippen LogP contribution is 1.99. The minimum absolute atomic E-state index is 0.130. The summed E-state index contributed by atoms with van der Waals surface area (Å²) >= 11 is 0.